The highest BCUT2D eigenvalue weighted by atomic mass is 32.3. The molecule has 0 atom stereocenters. The molecule has 0 amide bonds. The Morgan fingerprint density at radius 1 is 0.767 bits per heavy atom. The molecule has 1 aliphatic rings. The summed E-state index contributed by atoms with van der Waals surface area (Å²) in [4.78, 5) is 2.68. The first-order valence-corrected chi connectivity index (χ1v) is 13.3. The van der Waals surface area contributed by atoms with E-state index in [1.54, 1.807) is 0 Å². The molecule has 30 heavy (non-hydrogen) atoms. The van der Waals surface area contributed by atoms with Gasteiger partial charge in [0.2, 0.25) is 0 Å². The molecule has 0 unspecified atom stereocenters. The Morgan fingerprint density at radius 3 is 1.50 bits per heavy atom. The quantitative estimate of drug-likeness (QED) is 0.448. The summed E-state index contributed by atoms with van der Waals surface area (Å²) in [5.41, 5.74) is 0.457. The molecule has 3 rings (SSSR count). The highest BCUT2D eigenvalue weighted by Gasteiger charge is 2.46. The van der Waals surface area contributed by atoms with Crippen LogP contribution in [0, 0.1) is 17.3 Å². The van der Waals surface area contributed by atoms with Crippen LogP contribution < -0.4 is 0 Å². The number of benzene rings is 2. The summed E-state index contributed by atoms with van der Waals surface area (Å²) < 4.78 is 7.35. The number of hydrogen-bond acceptors (Lipinski definition) is 1. The lowest BCUT2D eigenvalue weighted by Crippen LogP contribution is -2.40. The first kappa shape index (κ1) is 23.4. The predicted molar refractivity (Wildman–Crippen MR) is 132 cm³/mol. The van der Waals surface area contributed by atoms with Gasteiger partial charge in [-0.2, -0.15) is 0 Å². The third-order valence-corrected chi connectivity index (χ3v) is 11.6. The molecule has 0 aromatic heterocycles. The fourth-order valence-electron chi connectivity index (χ4n) is 5.57. The Kier molecular flexibility index (Phi) is 7.09. The van der Waals surface area contributed by atoms with Gasteiger partial charge in [0.25, 0.3) is 0 Å². The summed E-state index contributed by atoms with van der Waals surface area (Å²) in [6, 6.07) is 22.0. The number of rotatable bonds is 6. The Bertz CT molecular complexity index is 731. The van der Waals surface area contributed by atoms with Crippen LogP contribution in [-0.4, -0.2) is 10.9 Å². The van der Waals surface area contributed by atoms with E-state index >= 15 is 0 Å². The summed E-state index contributed by atoms with van der Waals surface area (Å²) >= 11 is 0. The van der Waals surface area contributed by atoms with Crippen LogP contribution in [0.25, 0.3) is 0 Å². The fraction of sp³-hybridized carbons (Fsp3) is 0.571. The maximum Gasteiger partial charge on any atom is 0.0710 e. The fourth-order valence-corrected chi connectivity index (χ4v) is 9.45. The van der Waals surface area contributed by atoms with E-state index in [1.807, 2.05) is 0 Å². The molecule has 1 nitrogen and oxygen atoms in total. The standard InChI is InChI=1S/C28H42OS/c1-22(2)28(23(3)4)20-18-24(19-21-28)29-30(27(5,6)7,25-14-10-8-11-15-25)26-16-12-9-13-17-26/h8-17,22-24H,18-21H2,1-7H3. The van der Waals surface area contributed by atoms with Crippen molar-refractivity contribution in [3.8, 4) is 0 Å². The molecular weight excluding hydrogens is 384 g/mol. The van der Waals surface area contributed by atoms with E-state index in [0.717, 1.165) is 11.8 Å². The van der Waals surface area contributed by atoms with E-state index in [0.29, 0.717) is 11.5 Å². The van der Waals surface area contributed by atoms with Gasteiger partial charge in [0.05, 0.1) is 6.10 Å². The molecule has 0 radical (unpaired) electrons. The second-order valence-electron chi connectivity index (χ2n) is 10.6. The minimum absolute atomic E-state index is 0.000336. The third-order valence-electron chi connectivity index (χ3n) is 7.46. The summed E-state index contributed by atoms with van der Waals surface area (Å²) in [7, 11) is -1.65. The van der Waals surface area contributed by atoms with Gasteiger partial charge in [-0.05, 0) is 88.0 Å². The van der Waals surface area contributed by atoms with Gasteiger partial charge >= 0.3 is 0 Å². The molecule has 0 bridgehead atoms. The largest absolute Gasteiger partial charge is 0.324 e. The summed E-state index contributed by atoms with van der Waals surface area (Å²) in [6.45, 7) is 16.7. The first-order valence-electron chi connectivity index (χ1n) is 11.7. The van der Waals surface area contributed by atoms with Crippen LogP contribution in [0.15, 0.2) is 70.5 Å². The van der Waals surface area contributed by atoms with Gasteiger partial charge in [0, 0.05) is 14.5 Å². The van der Waals surface area contributed by atoms with Crippen molar-refractivity contribution < 1.29 is 4.18 Å². The van der Waals surface area contributed by atoms with Crippen LogP contribution in [-0.2, 0) is 4.18 Å². The lowest BCUT2D eigenvalue weighted by atomic mass is 9.60. The van der Waals surface area contributed by atoms with Crippen LogP contribution >= 0.6 is 10.3 Å². The lowest BCUT2D eigenvalue weighted by molar-refractivity contribution is 0.0144. The van der Waals surface area contributed by atoms with Gasteiger partial charge < -0.3 is 4.18 Å². The van der Waals surface area contributed by atoms with Gasteiger partial charge in [-0.25, -0.2) is 0 Å². The second kappa shape index (κ2) is 9.09. The zero-order chi connectivity index (χ0) is 22.0. The molecule has 2 aromatic carbocycles. The van der Waals surface area contributed by atoms with Gasteiger partial charge in [0.1, 0.15) is 0 Å². The maximum atomic E-state index is 7.35. The minimum Gasteiger partial charge on any atom is -0.324 e. The Hall–Kier alpha value is -1.25. The lowest BCUT2D eigenvalue weighted by Gasteiger charge is -2.54. The molecule has 1 aliphatic carbocycles. The first-order chi connectivity index (χ1) is 14.1. The van der Waals surface area contributed by atoms with Gasteiger partial charge in [-0.3, -0.25) is 0 Å². The van der Waals surface area contributed by atoms with Crippen molar-refractivity contribution in [2.75, 3.05) is 0 Å². The van der Waals surface area contributed by atoms with Crippen molar-refractivity contribution >= 4 is 10.3 Å². The van der Waals surface area contributed by atoms with Crippen LogP contribution in [0.3, 0.4) is 0 Å². The Balaban J connectivity index is 1.99. The van der Waals surface area contributed by atoms with Crippen molar-refractivity contribution in [2.24, 2.45) is 17.3 Å². The summed E-state index contributed by atoms with van der Waals surface area (Å²) in [5, 5.41) is 0. The van der Waals surface area contributed by atoms with Crippen molar-refractivity contribution in [1.29, 1.82) is 0 Å². The molecule has 2 aromatic rings. The Labute approximate surface area is 187 Å². The molecule has 2 heteroatoms. The molecule has 1 saturated carbocycles. The zero-order valence-electron chi connectivity index (χ0n) is 20.2. The molecule has 0 N–H and O–H groups in total. The average Bonchev–Trinajstić information content (AvgIpc) is 2.72. The van der Waals surface area contributed by atoms with E-state index in [2.05, 4.69) is 109 Å². The highest BCUT2D eigenvalue weighted by Crippen LogP contribution is 2.72. The highest BCUT2D eigenvalue weighted by molar-refractivity contribution is 8.31. The van der Waals surface area contributed by atoms with Crippen molar-refractivity contribution in [2.45, 2.75) is 94.8 Å². The molecular formula is C28H42OS. The van der Waals surface area contributed by atoms with Crippen molar-refractivity contribution in [3.63, 3.8) is 0 Å². The SMILES string of the molecule is CC(C)C1(C(C)C)CCC(OS(c2ccccc2)(c2ccccc2)C(C)(C)C)CC1. The molecule has 0 saturated heterocycles. The van der Waals surface area contributed by atoms with Crippen LogP contribution in [0.4, 0.5) is 0 Å². The van der Waals surface area contributed by atoms with Crippen LogP contribution in [0.2, 0.25) is 0 Å². The summed E-state index contributed by atoms with van der Waals surface area (Å²) in [6.07, 6.45) is 5.21. The van der Waals surface area contributed by atoms with E-state index in [-0.39, 0.29) is 4.75 Å². The van der Waals surface area contributed by atoms with Gasteiger partial charge in [-0.1, -0.05) is 74.4 Å². The smallest absolute Gasteiger partial charge is 0.0710 e. The van der Waals surface area contributed by atoms with Crippen molar-refractivity contribution in [3.05, 3.63) is 60.7 Å². The average molecular weight is 427 g/mol. The normalized spacial score (nSPS) is 18.7. The minimum atomic E-state index is -1.65. The molecule has 0 aliphatic heterocycles. The predicted octanol–water partition coefficient (Wildman–Crippen LogP) is 8.88. The molecule has 1 fully saturated rings. The topological polar surface area (TPSA) is 9.23 Å². The van der Waals surface area contributed by atoms with Crippen LogP contribution in [0.5, 0.6) is 0 Å². The molecule has 166 valence electrons. The Morgan fingerprint density at radius 2 is 1.17 bits per heavy atom. The van der Waals surface area contributed by atoms with E-state index < -0.39 is 10.3 Å². The van der Waals surface area contributed by atoms with Gasteiger partial charge in [-0.15, -0.1) is 0 Å². The summed E-state index contributed by atoms with van der Waals surface area (Å²) in [5.74, 6) is 1.45. The molecule has 0 heterocycles. The monoisotopic (exact) mass is 426 g/mol. The molecule has 0 spiro atoms. The van der Waals surface area contributed by atoms with Crippen LogP contribution in [0.1, 0.15) is 74.1 Å². The van der Waals surface area contributed by atoms with E-state index in [4.69, 9.17) is 4.18 Å². The zero-order valence-corrected chi connectivity index (χ0v) is 21.0. The van der Waals surface area contributed by atoms with Gasteiger partial charge in [0.15, 0.2) is 0 Å². The third kappa shape index (κ3) is 4.23. The van der Waals surface area contributed by atoms with Crippen molar-refractivity contribution in [1.82, 2.24) is 0 Å². The second-order valence-corrected chi connectivity index (χ2v) is 14.1. The number of hydrogen-bond donors (Lipinski definition) is 0. The van der Waals surface area contributed by atoms with E-state index in [9.17, 15) is 0 Å². The maximum absolute atomic E-state index is 7.35. The van der Waals surface area contributed by atoms with E-state index in [1.165, 1.54) is 35.5 Å².